The van der Waals surface area contributed by atoms with Crippen LogP contribution in [0.4, 0.5) is 4.39 Å². The molecule has 1 aliphatic rings. The molecular weight excluding hydrogens is 249 g/mol. The largest absolute Gasteiger partial charge is 0.496 e. The van der Waals surface area contributed by atoms with Crippen molar-refractivity contribution >= 4 is 5.91 Å². The van der Waals surface area contributed by atoms with Crippen LogP contribution in [0.5, 0.6) is 5.75 Å². The summed E-state index contributed by atoms with van der Waals surface area (Å²) in [5.74, 6) is -0.468. The standard InChI is InChI=1S/C14H16FNO3/c1-19-13-5-3-10(15)7-12(13)14(18)16-11-4-2-9(6-11)8-17/h2-5,7,9,11,17H,6,8H2,1H3,(H,16,18)/t9-,11+/m0/s1. The molecule has 2 N–H and O–H groups in total. The van der Waals surface area contributed by atoms with E-state index in [0.29, 0.717) is 12.2 Å². The van der Waals surface area contributed by atoms with Crippen LogP contribution in [0.25, 0.3) is 0 Å². The van der Waals surface area contributed by atoms with E-state index >= 15 is 0 Å². The Kier molecular flexibility index (Phi) is 4.16. The van der Waals surface area contributed by atoms with E-state index in [2.05, 4.69) is 5.32 Å². The van der Waals surface area contributed by atoms with Crippen molar-refractivity contribution in [2.24, 2.45) is 5.92 Å². The van der Waals surface area contributed by atoms with E-state index in [0.717, 1.165) is 6.07 Å². The van der Waals surface area contributed by atoms with E-state index in [1.807, 2.05) is 12.2 Å². The molecule has 0 saturated carbocycles. The number of amides is 1. The highest BCUT2D eigenvalue weighted by Crippen LogP contribution is 2.21. The predicted octanol–water partition coefficient (Wildman–Crippen LogP) is 1.50. The lowest BCUT2D eigenvalue weighted by molar-refractivity contribution is 0.0937. The number of carbonyl (C=O) groups excluding carboxylic acids is 1. The van der Waals surface area contributed by atoms with Gasteiger partial charge in [0.1, 0.15) is 11.6 Å². The summed E-state index contributed by atoms with van der Waals surface area (Å²) in [5, 5.41) is 11.8. The lowest BCUT2D eigenvalue weighted by atomic mass is 10.1. The molecule has 4 nitrogen and oxygen atoms in total. The van der Waals surface area contributed by atoms with Crippen molar-refractivity contribution in [2.45, 2.75) is 12.5 Å². The normalized spacial score (nSPS) is 21.4. The molecule has 1 aromatic carbocycles. The molecule has 1 aromatic rings. The van der Waals surface area contributed by atoms with Gasteiger partial charge >= 0.3 is 0 Å². The molecule has 19 heavy (non-hydrogen) atoms. The van der Waals surface area contributed by atoms with Gasteiger partial charge in [-0.25, -0.2) is 4.39 Å². The second-order valence-corrected chi connectivity index (χ2v) is 4.49. The quantitative estimate of drug-likeness (QED) is 0.811. The van der Waals surface area contributed by atoms with Crippen LogP contribution in [0.3, 0.4) is 0 Å². The monoisotopic (exact) mass is 265 g/mol. The summed E-state index contributed by atoms with van der Waals surface area (Å²) in [7, 11) is 1.43. The molecule has 0 spiro atoms. The Morgan fingerprint density at radius 1 is 1.53 bits per heavy atom. The second-order valence-electron chi connectivity index (χ2n) is 4.49. The van der Waals surface area contributed by atoms with Crippen LogP contribution in [0, 0.1) is 11.7 Å². The van der Waals surface area contributed by atoms with Crippen LogP contribution in [0.15, 0.2) is 30.4 Å². The summed E-state index contributed by atoms with van der Waals surface area (Å²) >= 11 is 0. The maximum atomic E-state index is 13.2. The maximum Gasteiger partial charge on any atom is 0.255 e. The molecule has 5 heteroatoms. The molecule has 0 radical (unpaired) electrons. The number of halogens is 1. The highest BCUT2D eigenvalue weighted by molar-refractivity contribution is 5.97. The minimum Gasteiger partial charge on any atom is -0.496 e. The van der Waals surface area contributed by atoms with Gasteiger partial charge in [0.15, 0.2) is 0 Å². The van der Waals surface area contributed by atoms with Gasteiger partial charge in [0, 0.05) is 18.6 Å². The summed E-state index contributed by atoms with van der Waals surface area (Å²) < 4.78 is 18.2. The molecule has 0 heterocycles. The van der Waals surface area contributed by atoms with Crippen LogP contribution < -0.4 is 10.1 Å². The number of methoxy groups -OCH3 is 1. The Hall–Kier alpha value is -1.88. The molecule has 1 aliphatic carbocycles. The Balaban J connectivity index is 2.08. The van der Waals surface area contributed by atoms with Crippen LogP contribution in [-0.4, -0.2) is 30.8 Å². The smallest absolute Gasteiger partial charge is 0.255 e. The van der Waals surface area contributed by atoms with E-state index in [1.54, 1.807) is 0 Å². The number of aliphatic hydroxyl groups is 1. The van der Waals surface area contributed by atoms with Gasteiger partial charge < -0.3 is 15.2 Å². The molecule has 102 valence electrons. The van der Waals surface area contributed by atoms with Crippen LogP contribution in [0.1, 0.15) is 16.8 Å². The number of benzene rings is 1. The van der Waals surface area contributed by atoms with Gasteiger partial charge in [-0.2, -0.15) is 0 Å². The van der Waals surface area contributed by atoms with E-state index in [9.17, 15) is 9.18 Å². The van der Waals surface area contributed by atoms with Crippen LogP contribution in [0.2, 0.25) is 0 Å². The molecule has 2 rings (SSSR count). The first-order chi connectivity index (χ1) is 9.13. The van der Waals surface area contributed by atoms with Gasteiger partial charge in [-0.3, -0.25) is 4.79 Å². The zero-order valence-electron chi connectivity index (χ0n) is 10.6. The van der Waals surface area contributed by atoms with Crippen molar-refractivity contribution in [3.8, 4) is 5.75 Å². The Morgan fingerprint density at radius 2 is 2.32 bits per heavy atom. The summed E-state index contributed by atoms with van der Waals surface area (Å²) in [5.41, 5.74) is 0.170. The number of aliphatic hydroxyl groups excluding tert-OH is 1. The van der Waals surface area contributed by atoms with E-state index < -0.39 is 5.82 Å². The predicted molar refractivity (Wildman–Crippen MR) is 68.5 cm³/mol. The summed E-state index contributed by atoms with van der Waals surface area (Å²) in [6, 6.07) is 3.67. The van der Waals surface area contributed by atoms with Crippen LogP contribution >= 0.6 is 0 Å². The zero-order valence-corrected chi connectivity index (χ0v) is 10.6. The first kappa shape index (κ1) is 13.5. The average Bonchev–Trinajstić information content (AvgIpc) is 2.86. The average molecular weight is 265 g/mol. The van der Waals surface area contributed by atoms with Gasteiger partial charge in [-0.1, -0.05) is 12.2 Å². The van der Waals surface area contributed by atoms with Crippen molar-refractivity contribution < 1.29 is 19.0 Å². The lowest BCUT2D eigenvalue weighted by Crippen LogP contribution is -2.33. The fourth-order valence-electron chi connectivity index (χ4n) is 2.12. The topological polar surface area (TPSA) is 58.6 Å². The molecule has 1 amide bonds. The van der Waals surface area contributed by atoms with Crippen molar-refractivity contribution in [3.63, 3.8) is 0 Å². The number of rotatable bonds is 4. The van der Waals surface area contributed by atoms with E-state index in [4.69, 9.17) is 9.84 Å². The minimum absolute atomic E-state index is 0.0617. The number of nitrogens with one attached hydrogen (secondary N) is 1. The first-order valence-electron chi connectivity index (χ1n) is 6.07. The summed E-state index contributed by atoms with van der Waals surface area (Å²) in [6.45, 7) is 0.0617. The van der Waals surface area contributed by atoms with Crippen molar-refractivity contribution in [1.82, 2.24) is 5.32 Å². The fraction of sp³-hybridized carbons (Fsp3) is 0.357. The lowest BCUT2D eigenvalue weighted by Gasteiger charge is -2.14. The number of hydrogen-bond acceptors (Lipinski definition) is 3. The molecule has 0 bridgehead atoms. The molecule has 0 saturated heterocycles. The van der Waals surface area contributed by atoms with Gasteiger partial charge in [0.05, 0.1) is 12.7 Å². The second kappa shape index (κ2) is 5.84. The number of ether oxygens (including phenoxy) is 1. The van der Waals surface area contributed by atoms with Crippen molar-refractivity contribution in [3.05, 3.63) is 41.7 Å². The number of carbonyl (C=O) groups is 1. The van der Waals surface area contributed by atoms with E-state index in [-0.39, 0.29) is 30.0 Å². The molecule has 0 aliphatic heterocycles. The Morgan fingerprint density at radius 3 is 2.95 bits per heavy atom. The van der Waals surface area contributed by atoms with Gasteiger partial charge in [-0.05, 0) is 24.6 Å². The molecule has 0 unspecified atom stereocenters. The molecule has 0 aromatic heterocycles. The third-order valence-corrected chi connectivity index (χ3v) is 3.13. The Labute approximate surface area is 110 Å². The molecule has 2 atom stereocenters. The minimum atomic E-state index is -0.485. The number of hydrogen-bond donors (Lipinski definition) is 2. The van der Waals surface area contributed by atoms with Gasteiger partial charge in [-0.15, -0.1) is 0 Å². The third kappa shape index (κ3) is 3.12. The van der Waals surface area contributed by atoms with Gasteiger partial charge in [0.25, 0.3) is 5.91 Å². The van der Waals surface area contributed by atoms with Gasteiger partial charge in [0.2, 0.25) is 0 Å². The van der Waals surface area contributed by atoms with Crippen molar-refractivity contribution in [2.75, 3.05) is 13.7 Å². The highest BCUT2D eigenvalue weighted by atomic mass is 19.1. The highest BCUT2D eigenvalue weighted by Gasteiger charge is 2.22. The fourth-order valence-corrected chi connectivity index (χ4v) is 2.12. The summed E-state index contributed by atoms with van der Waals surface area (Å²) in [6.07, 6.45) is 4.36. The molecular formula is C14H16FNO3. The third-order valence-electron chi connectivity index (χ3n) is 3.13. The van der Waals surface area contributed by atoms with Crippen molar-refractivity contribution in [1.29, 1.82) is 0 Å². The SMILES string of the molecule is COc1ccc(F)cc1C(=O)N[C@@H]1C=C[C@H](CO)C1. The first-order valence-corrected chi connectivity index (χ1v) is 6.07. The van der Waals surface area contributed by atoms with Crippen LogP contribution in [-0.2, 0) is 0 Å². The Bertz CT molecular complexity index is 501. The van der Waals surface area contributed by atoms with E-state index in [1.165, 1.54) is 19.2 Å². The zero-order chi connectivity index (χ0) is 13.8. The summed E-state index contributed by atoms with van der Waals surface area (Å²) in [4.78, 5) is 12.1. The molecule has 0 fully saturated rings. The maximum absolute atomic E-state index is 13.2.